The van der Waals surface area contributed by atoms with Crippen molar-refractivity contribution in [3.63, 3.8) is 0 Å². The van der Waals surface area contributed by atoms with Crippen molar-refractivity contribution in [3.05, 3.63) is 48.7 Å². The number of halogens is 1. The van der Waals surface area contributed by atoms with Crippen molar-refractivity contribution < 1.29 is 0 Å². The zero-order valence-corrected chi connectivity index (χ0v) is 9.26. The second kappa shape index (κ2) is 10.2. The quantitative estimate of drug-likeness (QED) is 0.584. The van der Waals surface area contributed by atoms with Crippen LogP contribution in [0.3, 0.4) is 0 Å². The summed E-state index contributed by atoms with van der Waals surface area (Å²) in [5, 5.41) is 0. The summed E-state index contributed by atoms with van der Waals surface area (Å²) >= 11 is 2.94. The number of nitrogens with two attached hydrogens (primary N) is 1. The van der Waals surface area contributed by atoms with Crippen LogP contribution >= 0.6 is 15.9 Å². The first-order valence-corrected chi connectivity index (χ1v) is 5.10. The lowest BCUT2D eigenvalue weighted by Crippen LogP contribution is -1.97. The molecule has 1 nitrogen and oxygen atoms in total. The average Bonchev–Trinajstić information content (AvgIpc) is 2.16. The van der Waals surface area contributed by atoms with Gasteiger partial charge in [-0.2, -0.15) is 0 Å². The third-order valence-corrected chi connectivity index (χ3v) is 1.16. The van der Waals surface area contributed by atoms with Crippen molar-refractivity contribution in [3.8, 4) is 0 Å². The average molecular weight is 230 g/mol. The molecule has 0 spiro atoms. The molecule has 0 aliphatic rings. The van der Waals surface area contributed by atoms with Crippen molar-refractivity contribution in [2.24, 2.45) is 5.73 Å². The van der Waals surface area contributed by atoms with Gasteiger partial charge in [-0.05, 0) is 18.3 Å². The highest BCUT2D eigenvalue weighted by molar-refractivity contribution is 9.08. The highest BCUT2D eigenvalue weighted by Gasteiger charge is 1.89. The Hall–Kier alpha value is -0.760. The summed E-state index contributed by atoms with van der Waals surface area (Å²) in [5.74, 6) is 1.81. The van der Waals surface area contributed by atoms with Gasteiger partial charge in [0.15, 0.2) is 0 Å². The molecule has 0 rings (SSSR count). The molecule has 12 heavy (non-hydrogen) atoms. The maximum Gasteiger partial charge on any atom is 0.0344 e. The Morgan fingerprint density at radius 3 is 2.08 bits per heavy atom. The van der Waals surface area contributed by atoms with Gasteiger partial charge in [0, 0.05) is 5.70 Å². The molecular weight excluding hydrogens is 214 g/mol. The third kappa shape index (κ3) is 5.98. The highest BCUT2D eigenvalue weighted by atomic mass is 79.9. The molecule has 68 valence electrons. The minimum absolute atomic E-state index is 0.731. The van der Waals surface area contributed by atoms with Crippen LogP contribution in [0.1, 0.15) is 6.92 Å². The second-order valence-corrected chi connectivity index (χ2v) is 1.81. The Morgan fingerprint density at radius 2 is 1.83 bits per heavy atom. The Labute approximate surface area is 83.5 Å². The summed E-state index contributed by atoms with van der Waals surface area (Å²) in [4.78, 5) is 0. The van der Waals surface area contributed by atoms with E-state index in [1.54, 1.807) is 12.2 Å². The minimum Gasteiger partial charge on any atom is -0.399 e. The van der Waals surface area contributed by atoms with Gasteiger partial charge < -0.3 is 5.73 Å². The molecule has 0 radical (unpaired) electrons. The molecule has 2 heteroatoms. The lowest BCUT2D eigenvalue weighted by Gasteiger charge is -1.97. The van der Waals surface area contributed by atoms with Gasteiger partial charge in [0.25, 0.3) is 0 Å². The largest absolute Gasteiger partial charge is 0.399 e. The van der Waals surface area contributed by atoms with E-state index in [-0.39, 0.29) is 0 Å². The van der Waals surface area contributed by atoms with E-state index in [0.29, 0.717) is 0 Å². The maximum atomic E-state index is 5.59. The van der Waals surface area contributed by atoms with Gasteiger partial charge in [-0.3, -0.25) is 0 Å². The monoisotopic (exact) mass is 229 g/mol. The molecule has 0 saturated carbocycles. The molecule has 0 aromatic carbocycles. The lowest BCUT2D eigenvalue weighted by molar-refractivity contribution is 1.33. The van der Waals surface area contributed by atoms with Crippen molar-refractivity contribution >= 4 is 15.9 Å². The summed E-state index contributed by atoms with van der Waals surface area (Å²) in [7, 11) is 0. The summed E-state index contributed by atoms with van der Waals surface area (Å²) in [6.45, 7) is 9.05. The molecule has 0 aromatic rings. The van der Waals surface area contributed by atoms with Crippen LogP contribution in [-0.4, -0.2) is 5.83 Å². The molecule has 0 saturated heterocycles. The SMILES string of the molecule is C=C/C=C(C=C)\C(N)=C/C.CBr. The van der Waals surface area contributed by atoms with E-state index < -0.39 is 0 Å². The molecule has 0 amide bonds. The zero-order valence-electron chi connectivity index (χ0n) is 7.68. The van der Waals surface area contributed by atoms with Gasteiger partial charge in [-0.15, -0.1) is 0 Å². The molecule has 0 unspecified atom stereocenters. The first-order chi connectivity index (χ1) is 5.76. The molecule has 0 bridgehead atoms. The van der Waals surface area contributed by atoms with Crippen molar-refractivity contribution in [1.29, 1.82) is 0 Å². The van der Waals surface area contributed by atoms with Gasteiger partial charge in [0.05, 0.1) is 0 Å². The van der Waals surface area contributed by atoms with Crippen LogP contribution in [-0.2, 0) is 0 Å². The van der Waals surface area contributed by atoms with E-state index in [0.717, 1.165) is 11.3 Å². The molecule has 0 aliphatic heterocycles. The molecule has 0 aromatic heterocycles. The molecule has 0 fully saturated rings. The fraction of sp³-hybridized carbons (Fsp3) is 0.200. The first kappa shape index (κ1) is 13.8. The van der Waals surface area contributed by atoms with Gasteiger partial charge in [0.2, 0.25) is 0 Å². The van der Waals surface area contributed by atoms with E-state index in [9.17, 15) is 0 Å². The summed E-state index contributed by atoms with van der Waals surface area (Å²) < 4.78 is 0. The predicted octanol–water partition coefficient (Wildman–Crippen LogP) is 3.16. The fourth-order valence-corrected chi connectivity index (χ4v) is 0.576. The number of hydrogen-bond donors (Lipinski definition) is 1. The minimum atomic E-state index is 0.731. The van der Waals surface area contributed by atoms with Gasteiger partial charge in [0.1, 0.15) is 0 Å². The fourth-order valence-electron chi connectivity index (χ4n) is 0.576. The highest BCUT2D eigenvalue weighted by Crippen LogP contribution is 2.03. The summed E-state index contributed by atoms with van der Waals surface area (Å²) in [6.07, 6.45) is 7.05. The van der Waals surface area contributed by atoms with Crippen molar-refractivity contribution in [1.82, 2.24) is 0 Å². The van der Waals surface area contributed by atoms with Crippen LogP contribution in [0.4, 0.5) is 0 Å². The molecular formula is C10H16BrN. The van der Waals surface area contributed by atoms with Crippen molar-refractivity contribution in [2.75, 3.05) is 5.83 Å². The Balaban J connectivity index is 0. The molecule has 0 heterocycles. The van der Waals surface area contributed by atoms with Gasteiger partial charge in [-0.25, -0.2) is 0 Å². The molecule has 0 atom stereocenters. The molecule has 2 N–H and O–H groups in total. The van der Waals surface area contributed by atoms with E-state index >= 15 is 0 Å². The van der Waals surface area contributed by atoms with Crippen LogP contribution in [0.15, 0.2) is 48.7 Å². The summed E-state index contributed by atoms with van der Waals surface area (Å²) in [6, 6.07) is 0. The van der Waals surface area contributed by atoms with Crippen LogP contribution in [0.25, 0.3) is 0 Å². The standard InChI is InChI=1S/C9H13N.CH3Br/c1-4-7-8(5-2)9(10)6-3;1-2/h4-7H,1-2,10H2,3H3;1H3/b8-7-,9-6+;. The Bertz CT molecular complexity index is 190. The number of rotatable bonds is 3. The Morgan fingerprint density at radius 1 is 1.33 bits per heavy atom. The van der Waals surface area contributed by atoms with E-state index in [1.807, 2.05) is 24.9 Å². The van der Waals surface area contributed by atoms with Crippen LogP contribution in [0.2, 0.25) is 0 Å². The zero-order chi connectivity index (χ0) is 9.98. The maximum absolute atomic E-state index is 5.59. The number of hydrogen-bond acceptors (Lipinski definition) is 1. The normalized spacial score (nSPS) is 11.2. The third-order valence-electron chi connectivity index (χ3n) is 1.16. The lowest BCUT2D eigenvalue weighted by atomic mass is 10.2. The number of alkyl halides is 1. The van der Waals surface area contributed by atoms with Gasteiger partial charge >= 0.3 is 0 Å². The van der Waals surface area contributed by atoms with Crippen molar-refractivity contribution in [2.45, 2.75) is 6.92 Å². The van der Waals surface area contributed by atoms with Crippen LogP contribution in [0.5, 0.6) is 0 Å². The topological polar surface area (TPSA) is 26.0 Å². The van der Waals surface area contributed by atoms with Crippen LogP contribution in [0, 0.1) is 0 Å². The van der Waals surface area contributed by atoms with Gasteiger partial charge in [-0.1, -0.05) is 53.4 Å². The molecule has 0 aliphatic carbocycles. The first-order valence-electron chi connectivity index (χ1n) is 3.51. The van der Waals surface area contributed by atoms with E-state index in [1.165, 1.54) is 0 Å². The second-order valence-electron chi connectivity index (χ2n) is 1.81. The summed E-state index contributed by atoms with van der Waals surface area (Å²) in [5.41, 5.74) is 7.23. The van der Waals surface area contributed by atoms with Crippen LogP contribution < -0.4 is 5.73 Å². The van der Waals surface area contributed by atoms with E-state index in [2.05, 4.69) is 29.1 Å². The smallest absolute Gasteiger partial charge is 0.0344 e. The predicted molar refractivity (Wildman–Crippen MR) is 61.3 cm³/mol. The number of allylic oxidation sites excluding steroid dienone is 4. The van der Waals surface area contributed by atoms with E-state index in [4.69, 9.17) is 5.73 Å². The Kier molecular flexibility index (Phi) is 11.8.